The first-order valence-electron chi connectivity index (χ1n) is 6.49. The van der Waals surface area contributed by atoms with Crippen LogP contribution < -0.4 is 10.6 Å². The molecule has 0 aromatic carbocycles. The van der Waals surface area contributed by atoms with E-state index in [-0.39, 0.29) is 18.3 Å². The number of fused-ring (bicyclic) bond motifs is 1. The molecule has 4 nitrogen and oxygen atoms in total. The molecule has 0 unspecified atom stereocenters. The molecule has 108 valence electrons. The van der Waals surface area contributed by atoms with Gasteiger partial charge in [0.05, 0.1) is 18.1 Å². The highest BCUT2D eigenvalue weighted by Crippen LogP contribution is 2.26. The number of nitrogens with one attached hydrogen (secondary N) is 2. The van der Waals surface area contributed by atoms with Crippen molar-refractivity contribution in [3.05, 3.63) is 21.4 Å². The Morgan fingerprint density at radius 3 is 3.00 bits per heavy atom. The maximum Gasteiger partial charge on any atom is 0.261 e. The van der Waals surface area contributed by atoms with Gasteiger partial charge in [0, 0.05) is 24.4 Å². The summed E-state index contributed by atoms with van der Waals surface area (Å²) < 4.78 is 5.38. The topological polar surface area (TPSA) is 50.4 Å². The monoisotopic (exact) mass is 304 g/mol. The molecule has 1 aliphatic heterocycles. The third kappa shape index (κ3) is 4.76. The van der Waals surface area contributed by atoms with Crippen LogP contribution in [0.15, 0.2) is 6.07 Å². The first kappa shape index (κ1) is 16.4. The van der Waals surface area contributed by atoms with Crippen LogP contribution in [0.4, 0.5) is 0 Å². The van der Waals surface area contributed by atoms with Gasteiger partial charge in [-0.15, -0.1) is 23.7 Å². The molecule has 2 rings (SSSR count). The molecule has 0 atom stereocenters. The lowest BCUT2D eigenvalue weighted by Gasteiger charge is -2.10. The molecule has 1 amide bonds. The molecular formula is C13H21ClN2O2S. The number of carbonyl (C=O) groups excluding carboxylic acids is 1. The Morgan fingerprint density at radius 2 is 2.26 bits per heavy atom. The number of rotatable bonds is 6. The summed E-state index contributed by atoms with van der Waals surface area (Å²) in [5.41, 5.74) is 1.18. The van der Waals surface area contributed by atoms with Crippen molar-refractivity contribution >= 4 is 29.7 Å². The van der Waals surface area contributed by atoms with Gasteiger partial charge in [-0.3, -0.25) is 4.79 Å². The molecule has 19 heavy (non-hydrogen) atoms. The van der Waals surface area contributed by atoms with Gasteiger partial charge in [0.15, 0.2) is 0 Å². The van der Waals surface area contributed by atoms with E-state index in [1.165, 1.54) is 10.4 Å². The van der Waals surface area contributed by atoms with E-state index in [1.807, 2.05) is 6.07 Å². The van der Waals surface area contributed by atoms with Crippen LogP contribution in [0.1, 0.15) is 33.5 Å². The van der Waals surface area contributed by atoms with Crippen LogP contribution in [0.2, 0.25) is 0 Å². The van der Waals surface area contributed by atoms with Crippen LogP contribution in [0.3, 0.4) is 0 Å². The second-order valence-electron chi connectivity index (χ2n) is 4.37. The smallest absolute Gasteiger partial charge is 0.261 e. The molecule has 1 aromatic rings. The summed E-state index contributed by atoms with van der Waals surface area (Å²) in [4.78, 5) is 14.0. The van der Waals surface area contributed by atoms with E-state index in [0.717, 1.165) is 37.4 Å². The minimum absolute atomic E-state index is 0. The molecule has 6 heteroatoms. The molecule has 1 aromatic heterocycles. The Bertz CT molecular complexity index is 386. The second-order valence-corrected chi connectivity index (χ2v) is 5.50. The van der Waals surface area contributed by atoms with Gasteiger partial charge in [-0.1, -0.05) is 6.92 Å². The van der Waals surface area contributed by atoms with Gasteiger partial charge in [-0.05, 0) is 24.6 Å². The number of hydrogen-bond acceptors (Lipinski definition) is 4. The second kappa shape index (κ2) is 8.53. The number of halogens is 1. The zero-order chi connectivity index (χ0) is 12.8. The predicted octanol–water partition coefficient (Wildman–Crippen LogP) is 1.97. The van der Waals surface area contributed by atoms with Crippen molar-refractivity contribution in [3.63, 3.8) is 0 Å². The van der Waals surface area contributed by atoms with Crippen molar-refractivity contribution in [3.8, 4) is 0 Å². The maximum atomic E-state index is 11.9. The van der Waals surface area contributed by atoms with Gasteiger partial charge in [-0.2, -0.15) is 0 Å². The van der Waals surface area contributed by atoms with Crippen LogP contribution in [0.25, 0.3) is 0 Å². The Kier molecular flexibility index (Phi) is 7.38. The van der Waals surface area contributed by atoms with Crippen LogP contribution >= 0.6 is 23.7 Å². The summed E-state index contributed by atoms with van der Waals surface area (Å²) in [7, 11) is 0. The fraction of sp³-hybridized carbons (Fsp3) is 0.615. The van der Waals surface area contributed by atoms with Crippen molar-refractivity contribution in [1.82, 2.24) is 10.6 Å². The predicted molar refractivity (Wildman–Crippen MR) is 80.4 cm³/mol. The lowest BCUT2D eigenvalue weighted by atomic mass is 10.2. The molecule has 0 spiro atoms. The molecule has 2 N–H and O–H groups in total. The minimum Gasteiger partial charge on any atom is -0.376 e. The molecule has 0 saturated carbocycles. The molecule has 2 heterocycles. The van der Waals surface area contributed by atoms with Crippen molar-refractivity contribution in [2.45, 2.75) is 26.4 Å². The highest BCUT2D eigenvalue weighted by molar-refractivity contribution is 7.14. The summed E-state index contributed by atoms with van der Waals surface area (Å²) >= 11 is 1.60. The molecule has 0 radical (unpaired) electrons. The first-order valence-corrected chi connectivity index (χ1v) is 7.31. The Hall–Kier alpha value is -0.620. The van der Waals surface area contributed by atoms with Gasteiger partial charge < -0.3 is 15.4 Å². The van der Waals surface area contributed by atoms with E-state index in [4.69, 9.17) is 4.74 Å². The Labute approximate surface area is 124 Å². The zero-order valence-corrected chi connectivity index (χ0v) is 12.8. The number of carbonyl (C=O) groups is 1. The normalized spacial score (nSPS) is 13.5. The fourth-order valence-electron chi connectivity index (χ4n) is 1.91. The molecule has 0 aliphatic carbocycles. The van der Waals surface area contributed by atoms with Gasteiger partial charge >= 0.3 is 0 Å². The van der Waals surface area contributed by atoms with Crippen molar-refractivity contribution in [2.24, 2.45) is 0 Å². The summed E-state index contributed by atoms with van der Waals surface area (Å²) in [6.07, 6.45) is 2.05. The molecule has 0 saturated heterocycles. The molecule has 0 bridgehead atoms. The van der Waals surface area contributed by atoms with E-state index in [0.29, 0.717) is 13.2 Å². The van der Waals surface area contributed by atoms with Crippen molar-refractivity contribution in [1.29, 1.82) is 0 Å². The van der Waals surface area contributed by atoms with Gasteiger partial charge in [0.25, 0.3) is 5.91 Å². The van der Waals surface area contributed by atoms with E-state index >= 15 is 0 Å². The first-order chi connectivity index (χ1) is 8.81. The summed E-state index contributed by atoms with van der Waals surface area (Å²) in [6, 6.07) is 1.97. The average molecular weight is 305 g/mol. The van der Waals surface area contributed by atoms with Crippen LogP contribution in [-0.4, -0.2) is 32.1 Å². The molecule has 0 fully saturated rings. The van der Waals surface area contributed by atoms with E-state index in [9.17, 15) is 4.79 Å². The lowest BCUT2D eigenvalue weighted by molar-refractivity contribution is 0.0957. The third-order valence-electron chi connectivity index (χ3n) is 2.87. The van der Waals surface area contributed by atoms with Crippen LogP contribution in [0, 0.1) is 0 Å². The lowest BCUT2D eigenvalue weighted by Crippen LogP contribution is -2.31. The number of thiophene rings is 1. The van der Waals surface area contributed by atoms with Gasteiger partial charge in [0.1, 0.15) is 0 Å². The van der Waals surface area contributed by atoms with Gasteiger partial charge in [-0.25, -0.2) is 0 Å². The average Bonchev–Trinajstić information content (AvgIpc) is 2.82. The standard InChI is InChI=1S/C13H20N2O2S.ClH/c1-2-4-14-5-6-15-13(16)12-8-10-9-17-7-3-11(10)18-12;/h8,14H,2-7,9H2,1H3,(H,15,16);1H. The van der Waals surface area contributed by atoms with Crippen LogP contribution in [0.5, 0.6) is 0 Å². The highest BCUT2D eigenvalue weighted by Gasteiger charge is 2.17. The summed E-state index contributed by atoms with van der Waals surface area (Å²) in [5.74, 6) is 0.0349. The zero-order valence-electron chi connectivity index (χ0n) is 11.2. The van der Waals surface area contributed by atoms with E-state index in [2.05, 4.69) is 17.6 Å². The van der Waals surface area contributed by atoms with Crippen molar-refractivity contribution < 1.29 is 9.53 Å². The maximum absolute atomic E-state index is 11.9. The number of amides is 1. The van der Waals surface area contributed by atoms with Crippen molar-refractivity contribution in [2.75, 3.05) is 26.2 Å². The van der Waals surface area contributed by atoms with Gasteiger partial charge in [0.2, 0.25) is 0 Å². The third-order valence-corrected chi connectivity index (χ3v) is 4.10. The molecular weight excluding hydrogens is 284 g/mol. The van der Waals surface area contributed by atoms with E-state index < -0.39 is 0 Å². The number of hydrogen-bond donors (Lipinski definition) is 2. The highest BCUT2D eigenvalue weighted by atomic mass is 35.5. The fourth-order valence-corrected chi connectivity index (χ4v) is 2.98. The Morgan fingerprint density at radius 1 is 1.42 bits per heavy atom. The summed E-state index contributed by atoms with van der Waals surface area (Å²) in [6.45, 7) is 6.06. The largest absolute Gasteiger partial charge is 0.376 e. The van der Waals surface area contributed by atoms with Crippen LogP contribution in [-0.2, 0) is 17.8 Å². The van der Waals surface area contributed by atoms with E-state index in [1.54, 1.807) is 11.3 Å². The molecule has 1 aliphatic rings. The quantitative estimate of drug-likeness (QED) is 0.790. The SMILES string of the molecule is CCCNCCNC(=O)c1cc2c(s1)CCOC2.Cl. The number of ether oxygens (including phenoxy) is 1. The summed E-state index contributed by atoms with van der Waals surface area (Å²) in [5, 5.41) is 6.19. The Balaban J connectivity index is 0.00000180. The minimum atomic E-state index is 0.